The quantitative estimate of drug-likeness (QED) is 0.227. The van der Waals surface area contributed by atoms with E-state index in [-0.39, 0.29) is 12.4 Å². The third-order valence-electron chi connectivity index (χ3n) is 2.71. The fraction of sp³-hybridized carbons (Fsp3) is 0.0625. The van der Waals surface area contributed by atoms with E-state index in [1.54, 1.807) is 12.3 Å². The van der Waals surface area contributed by atoms with Crippen molar-refractivity contribution < 1.29 is 18.8 Å². The van der Waals surface area contributed by atoms with Crippen molar-refractivity contribution in [3.63, 3.8) is 0 Å². The lowest BCUT2D eigenvalue weighted by molar-refractivity contribution is -0.122. The Labute approximate surface area is 151 Å². The van der Waals surface area contributed by atoms with Crippen molar-refractivity contribution in [3.05, 3.63) is 69.8 Å². The third kappa shape index (κ3) is 6.05. The molecule has 0 atom stereocenters. The van der Waals surface area contributed by atoms with Gasteiger partial charge in [0.1, 0.15) is 11.6 Å². The van der Waals surface area contributed by atoms with E-state index in [9.17, 15) is 14.0 Å². The molecule has 1 heterocycles. The second-order valence-corrected chi connectivity index (χ2v) is 5.77. The van der Waals surface area contributed by atoms with E-state index >= 15 is 0 Å². The van der Waals surface area contributed by atoms with Crippen molar-refractivity contribution >= 4 is 40.1 Å². The number of carbonyl (C=O) groups is 2. The van der Waals surface area contributed by atoms with E-state index in [0.29, 0.717) is 11.4 Å². The summed E-state index contributed by atoms with van der Waals surface area (Å²) in [5.41, 5.74) is 2.71. The summed E-state index contributed by atoms with van der Waals surface area (Å²) in [4.78, 5) is 32.3. The standard InChI is InChI=1S/C16H13FIN3O3/c17-12-3-1-11(2-4-12)14(22)7-8-20-24-10-16(23)21-15-6-5-13(18)9-19-15/h1-9,20H,10H2,(H,19,21,23). The molecule has 0 aliphatic heterocycles. The van der Waals surface area contributed by atoms with Crippen LogP contribution in [0.2, 0.25) is 0 Å². The van der Waals surface area contributed by atoms with Crippen LogP contribution in [0, 0.1) is 9.39 Å². The molecule has 0 spiro atoms. The zero-order chi connectivity index (χ0) is 17.4. The topological polar surface area (TPSA) is 80.3 Å². The number of rotatable bonds is 7. The van der Waals surface area contributed by atoms with Crippen molar-refractivity contribution in [3.8, 4) is 0 Å². The highest BCUT2D eigenvalue weighted by Gasteiger charge is 2.04. The van der Waals surface area contributed by atoms with E-state index in [4.69, 9.17) is 4.84 Å². The number of carbonyl (C=O) groups excluding carboxylic acids is 2. The Balaban J connectivity index is 1.70. The summed E-state index contributed by atoms with van der Waals surface area (Å²) in [6.45, 7) is -0.261. The lowest BCUT2D eigenvalue weighted by Crippen LogP contribution is -2.22. The number of nitrogens with zero attached hydrogens (tertiary/aromatic N) is 1. The maximum Gasteiger partial charge on any atom is 0.254 e. The molecule has 0 saturated carbocycles. The van der Waals surface area contributed by atoms with E-state index in [0.717, 1.165) is 3.57 Å². The van der Waals surface area contributed by atoms with Gasteiger partial charge in [0.25, 0.3) is 5.91 Å². The number of benzene rings is 1. The zero-order valence-corrected chi connectivity index (χ0v) is 14.5. The molecule has 124 valence electrons. The Hall–Kier alpha value is -2.33. The number of nitrogens with one attached hydrogen (secondary N) is 2. The smallest absolute Gasteiger partial charge is 0.254 e. The molecule has 24 heavy (non-hydrogen) atoms. The molecule has 0 unspecified atom stereocenters. The second-order valence-electron chi connectivity index (χ2n) is 4.52. The van der Waals surface area contributed by atoms with Gasteiger partial charge in [-0.1, -0.05) is 0 Å². The Morgan fingerprint density at radius 2 is 1.96 bits per heavy atom. The SMILES string of the molecule is O=C(CONC=CC(=O)c1ccc(F)cc1)Nc1ccc(I)cn1. The van der Waals surface area contributed by atoms with E-state index in [1.165, 1.54) is 36.5 Å². The molecule has 2 aromatic rings. The van der Waals surface area contributed by atoms with Crippen LogP contribution in [0.4, 0.5) is 10.2 Å². The first-order valence-electron chi connectivity index (χ1n) is 6.80. The number of hydrogen-bond acceptors (Lipinski definition) is 5. The molecular weight excluding hydrogens is 428 g/mol. The summed E-state index contributed by atoms with van der Waals surface area (Å²) in [7, 11) is 0. The summed E-state index contributed by atoms with van der Waals surface area (Å²) in [6.07, 6.45) is 4.09. The molecule has 6 nitrogen and oxygen atoms in total. The molecule has 1 amide bonds. The monoisotopic (exact) mass is 441 g/mol. The average molecular weight is 441 g/mol. The Kier molecular flexibility index (Phi) is 6.82. The fourth-order valence-corrected chi connectivity index (χ4v) is 1.92. The maximum atomic E-state index is 12.7. The number of aromatic nitrogens is 1. The van der Waals surface area contributed by atoms with Crippen LogP contribution >= 0.6 is 22.6 Å². The molecule has 0 bridgehead atoms. The van der Waals surface area contributed by atoms with Gasteiger partial charge in [-0.3, -0.25) is 19.9 Å². The summed E-state index contributed by atoms with van der Waals surface area (Å²) >= 11 is 2.11. The van der Waals surface area contributed by atoms with Crippen LogP contribution in [0.5, 0.6) is 0 Å². The van der Waals surface area contributed by atoms with Crippen LogP contribution < -0.4 is 10.8 Å². The lowest BCUT2D eigenvalue weighted by Gasteiger charge is -2.04. The van der Waals surface area contributed by atoms with E-state index in [2.05, 4.69) is 38.4 Å². The summed E-state index contributed by atoms with van der Waals surface area (Å²) < 4.78 is 13.7. The van der Waals surface area contributed by atoms with Crippen LogP contribution in [0.3, 0.4) is 0 Å². The molecule has 1 aromatic heterocycles. The molecule has 1 aromatic carbocycles. The van der Waals surface area contributed by atoms with Gasteiger partial charge in [-0.15, -0.1) is 0 Å². The van der Waals surface area contributed by atoms with Crippen molar-refractivity contribution in [2.45, 2.75) is 0 Å². The minimum Gasteiger partial charge on any atom is -0.309 e. The minimum absolute atomic E-state index is 0.261. The fourth-order valence-electron chi connectivity index (χ4n) is 1.60. The number of allylic oxidation sites excluding steroid dienone is 1. The molecule has 0 aliphatic carbocycles. The van der Waals surface area contributed by atoms with E-state index < -0.39 is 11.7 Å². The molecule has 8 heteroatoms. The Morgan fingerprint density at radius 1 is 1.21 bits per heavy atom. The highest BCUT2D eigenvalue weighted by atomic mass is 127. The van der Waals surface area contributed by atoms with Crippen LogP contribution in [-0.2, 0) is 9.63 Å². The van der Waals surface area contributed by atoms with Crippen LogP contribution in [0.25, 0.3) is 0 Å². The van der Waals surface area contributed by atoms with Gasteiger partial charge < -0.3 is 5.32 Å². The number of anilines is 1. The van der Waals surface area contributed by atoms with Gasteiger partial charge >= 0.3 is 0 Å². The van der Waals surface area contributed by atoms with Gasteiger partial charge in [-0.05, 0) is 59.0 Å². The van der Waals surface area contributed by atoms with E-state index in [1.807, 2.05) is 6.07 Å². The molecule has 2 N–H and O–H groups in total. The molecule has 0 fully saturated rings. The number of ketones is 1. The molecule has 2 rings (SSSR count). The first-order valence-corrected chi connectivity index (χ1v) is 7.87. The molecule has 0 radical (unpaired) electrons. The lowest BCUT2D eigenvalue weighted by atomic mass is 10.1. The van der Waals surface area contributed by atoms with Crippen molar-refractivity contribution in [1.82, 2.24) is 10.5 Å². The van der Waals surface area contributed by atoms with Gasteiger partial charge in [0.15, 0.2) is 12.4 Å². The van der Waals surface area contributed by atoms with Gasteiger partial charge in [0, 0.05) is 27.6 Å². The first kappa shape index (κ1) is 18.0. The first-order chi connectivity index (χ1) is 11.5. The predicted molar refractivity (Wildman–Crippen MR) is 94.5 cm³/mol. The van der Waals surface area contributed by atoms with Crippen molar-refractivity contribution in [2.75, 3.05) is 11.9 Å². The Bertz CT molecular complexity index is 733. The summed E-state index contributed by atoms with van der Waals surface area (Å²) in [5, 5.41) is 2.56. The number of pyridine rings is 1. The summed E-state index contributed by atoms with van der Waals surface area (Å²) in [6, 6.07) is 8.65. The van der Waals surface area contributed by atoms with Gasteiger partial charge in [0.05, 0.1) is 0 Å². The van der Waals surface area contributed by atoms with Crippen LogP contribution in [0.15, 0.2) is 54.9 Å². The van der Waals surface area contributed by atoms with Gasteiger partial charge in [-0.25, -0.2) is 9.37 Å². The van der Waals surface area contributed by atoms with Gasteiger partial charge in [0.2, 0.25) is 0 Å². The number of amides is 1. The molecule has 0 saturated heterocycles. The number of halogens is 2. The molecular formula is C16H13FIN3O3. The summed E-state index contributed by atoms with van der Waals surface area (Å²) in [5.74, 6) is -0.704. The predicted octanol–water partition coefficient (Wildman–Crippen LogP) is 2.68. The zero-order valence-electron chi connectivity index (χ0n) is 12.3. The number of hydroxylamine groups is 1. The molecule has 0 aliphatic rings. The van der Waals surface area contributed by atoms with Crippen LogP contribution in [-0.4, -0.2) is 23.3 Å². The third-order valence-corrected chi connectivity index (χ3v) is 3.35. The van der Waals surface area contributed by atoms with Crippen molar-refractivity contribution in [1.29, 1.82) is 0 Å². The average Bonchev–Trinajstić information content (AvgIpc) is 2.57. The highest BCUT2D eigenvalue weighted by molar-refractivity contribution is 14.1. The number of hydrogen-bond donors (Lipinski definition) is 2. The minimum atomic E-state index is -0.411. The maximum absolute atomic E-state index is 12.7. The highest BCUT2D eigenvalue weighted by Crippen LogP contribution is 2.06. The van der Waals surface area contributed by atoms with Gasteiger partial charge in [-0.2, -0.15) is 0 Å². The largest absolute Gasteiger partial charge is 0.309 e. The normalized spacial score (nSPS) is 10.6. The Morgan fingerprint density at radius 3 is 2.62 bits per heavy atom. The second kappa shape index (κ2) is 9.08. The van der Waals surface area contributed by atoms with Crippen molar-refractivity contribution in [2.24, 2.45) is 0 Å². The van der Waals surface area contributed by atoms with Crippen LogP contribution in [0.1, 0.15) is 10.4 Å².